The third-order valence-electron chi connectivity index (χ3n) is 4.04. The van der Waals surface area contributed by atoms with Crippen LogP contribution in [0.2, 0.25) is 0 Å². The lowest BCUT2D eigenvalue weighted by Crippen LogP contribution is -1.84. The zero-order valence-electron chi connectivity index (χ0n) is 12.7. The lowest BCUT2D eigenvalue weighted by atomic mass is 9.98. The molecule has 0 aliphatic rings. The minimum absolute atomic E-state index is 1.08. The molecule has 0 spiro atoms. The molecule has 2 aromatic carbocycles. The number of aromatic amines is 1. The number of aryl methyl sites for hydroxylation is 1. The van der Waals surface area contributed by atoms with Gasteiger partial charge >= 0.3 is 0 Å². The Labute approximate surface area is 143 Å². The first-order valence-corrected chi connectivity index (χ1v) is 8.30. The first-order valence-electron chi connectivity index (χ1n) is 7.51. The van der Waals surface area contributed by atoms with E-state index in [1.54, 1.807) is 0 Å². The number of nitrogens with zero attached hydrogens (tertiary/aromatic N) is 1. The predicted molar refractivity (Wildman–Crippen MR) is 99.4 cm³/mol. The molecule has 0 amide bonds. The van der Waals surface area contributed by atoms with E-state index < -0.39 is 0 Å². The highest BCUT2D eigenvalue weighted by Crippen LogP contribution is 2.39. The molecule has 4 aromatic rings. The Morgan fingerprint density at radius 1 is 0.913 bits per heavy atom. The van der Waals surface area contributed by atoms with Gasteiger partial charge in [-0.1, -0.05) is 39.7 Å². The SMILES string of the molecule is Cc1cccc(-c2[nH]c3ccc(Br)cc3c2-c2ccncc2)c1. The lowest BCUT2D eigenvalue weighted by Gasteiger charge is -2.06. The van der Waals surface area contributed by atoms with Crippen molar-refractivity contribution >= 4 is 26.8 Å². The molecule has 112 valence electrons. The minimum Gasteiger partial charge on any atom is -0.354 e. The molecule has 0 radical (unpaired) electrons. The monoisotopic (exact) mass is 362 g/mol. The molecule has 0 unspecified atom stereocenters. The van der Waals surface area contributed by atoms with Gasteiger partial charge in [-0.3, -0.25) is 4.98 Å². The quantitative estimate of drug-likeness (QED) is 0.467. The van der Waals surface area contributed by atoms with Gasteiger partial charge in [0.2, 0.25) is 0 Å². The van der Waals surface area contributed by atoms with Crippen molar-refractivity contribution in [3.63, 3.8) is 0 Å². The fourth-order valence-electron chi connectivity index (χ4n) is 3.00. The van der Waals surface area contributed by atoms with E-state index in [0.717, 1.165) is 15.7 Å². The molecular formula is C20H15BrN2. The molecule has 23 heavy (non-hydrogen) atoms. The molecular weight excluding hydrogens is 348 g/mol. The average Bonchev–Trinajstić information content (AvgIpc) is 2.94. The smallest absolute Gasteiger partial charge is 0.0544 e. The van der Waals surface area contributed by atoms with E-state index >= 15 is 0 Å². The fraction of sp³-hybridized carbons (Fsp3) is 0.0500. The normalized spacial score (nSPS) is 11.0. The number of rotatable bonds is 2. The second-order valence-corrected chi connectivity index (χ2v) is 6.59. The summed E-state index contributed by atoms with van der Waals surface area (Å²) in [6.45, 7) is 2.12. The number of pyridine rings is 1. The number of nitrogens with one attached hydrogen (secondary N) is 1. The standard InChI is InChI=1S/C20H15BrN2/c1-13-3-2-4-15(11-13)20-19(14-7-9-22-10-8-14)17-12-16(21)5-6-18(17)23-20/h2-12,23H,1H3. The minimum atomic E-state index is 1.08. The van der Waals surface area contributed by atoms with Crippen LogP contribution in [0.1, 0.15) is 5.56 Å². The summed E-state index contributed by atoms with van der Waals surface area (Å²) in [5, 5.41) is 1.21. The Kier molecular flexibility index (Phi) is 3.50. The molecule has 0 atom stereocenters. The van der Waals surface area contributed by atoms with Crippen LogP contribution < -0.4 is 0 Å². The number of hydrogen-bond donors (Lipinski definition) is 1. The summed E-state index contributed by atoms with van der Waals surface area (Å²) >= 11 is 3.59. The second kappa shape index (κ2) is 5.67. The van der Waals surface area contributed by atoms with Crippen LogP contribution >= 0.6 is 15.9 Å². The third kappa shape index (κ3) is 2.57. The Bertz CT molecular complexity index is 987. The third-order valence-corrected chi connectivity index (χ3v) is 4.53. The molecule has 0 aliphatic heterocycles. The number of hydrogen-bond acceptors (Lipinski definition) is 1. The number of benzene rings is 2. The topological polar surface area (TPSA) is 28.7 Å². The van der Waals surface area contributed by atoms with E-state index in [9.17, 15) is 0 Å². The van der Waals surface area contributed by atoms with Gasteiger partial charge in [-0.25, -0.2) is 0 Å². The Hall–Kier alpha value is -2.39. The number of H-pyrrole nitrogens is 1. The van der Waals surface area contributed by atoms with Crippen molar-refractivity contribution in [2.75, 3.05) is 0 Å². The highest BCUT2D eigenvalue weighted by Gasteiger charge is 2.15. The summed E-state index contributed by atoms with van der Waals surface area (Å²) in [5.41, 5.74) is 7.12. The van der Waals surface area contributed by atoms with Gasteiger partial charge in [-0.2, -0.15) is 0 Å². The van der Waals surface area contributed by atoms with Crippen molar-refractivity contribution in [3.05, 3.63) is 77.0 Å². The molecule has 0 aliphatic carbocycles. The molecule has 0 bridgehead atoms. The van der Waals surface area contributed by atoms with Crippen LogP contribution in [0.15, 0.2) is 71.5 Å². The summed E-state index contributed by atoms with van der Waals surface area (Å²) in [6, 6.07) is 19.0. The molecule has 2 nitrogen and oxygen atoms in total. The van der Waals surface area contributed by atoms with Crippen LogP contribution in [0.25, 0.3) is 33.3 Å². The predicted octanol–water partition coefficient (Wildman–Crippen LogP) is 5.97. The van der Waals surface area contributed by atoms with Crippen molar-refractivity contribution in [3.8, 4) is 22.4 Å². The Morgan fingerprint density at radius 2 is 1.74 bits per heavy atom. The van der Waals surface area contributed by atoms with Crippen LogP contribution in [0.3, 0.4) is 0 Å². The van der Waals surface area contributed by atoms with Crippen molar-refractivity contribution < 1.29 is 0 Å². The molecule has 4 rings (SSSR count). The average molecular weight is 363 g/mol. The molecule has 2 heterocycles. The number of halogens is 1. The van der Waals surface area contributed by atoms with Crippen LogP contribution in [-0.2, 0) is 0 Å². The van der Waals surface area contributed by atoms with Crippen molar-refractivity contribution in [1.82, 2.24) is 9.97 Å². The first-order chi connectivity index (χ1) is 11.2. The van der Waals surface area contributed by atoms with E-state index in [1.165, 1.54) is 27.6 Å². The summed E-state index contributed by atoms with van der Waals surface area (Å²) in [6.07, 6.45) is 3.68. The van der Waals surface area contributed by atoms with E-state index in [2.05, 4.69) is 87.4 Å². The van der Waals surface area contributed by atoms with Gasteiger partial charge in [-0.05, 0) is 54.4 Å². The van der Waals surface area contributed by atoms with Gasteiger partial charge in [0.25, 0.3) is 0 Å². The van der Waals surface area contributed by atoms with Gasteiger partial charge in [0.15, 0.2) is 0 Å². The first kappa shape index (κ1) is 14.2. The van der Waals surface area contributed by atoms with Gasteiger partial charge in [0.1, 0.15) is 0 Å². The highest BCUT2D eigenvalue weighted by atomic mass is 79.9. The Morgan fingerprint density at radius 3 is 2.52 bits per heavy atom. The largest absolute Gasteiger partial charge is 0.354 e. The zero-order valence-corrected chi connectivity index (χ0v) is 14.3. The molecule has 1 N–H and O–H groups in total. The van der Waals surface area contributed by atoms with Gasteiger partial charge in [-0.15, -0.1) is 0 Å². The van der Waals surface area contributed by atoms with Crippen LogP contribution in [0.5, 0.6) is 0 Å². The van der Waals surface area contributed by atoms with Crippen molar-refractivity contribution in [2.45, 2.75) is 6.92 Å². The maximum atomic E-state index is 4.15. The molecule has 0 saturated carbocycles. The zero-order chi connectivity index (χ0) is 15.8. The maximum absolute atomic E-state index is 4.15. The maximum Gasteiger partial charge on any atom is 0.0544 e. The molecule has 0 fully saturated rings. The fourth-order valence-corrected chi connectivity index (χ4v) is 3.36. The highest BCUT2D eigenvalue weighted by molar-refractivity contribution is 9.10. The summed E-state index contributed by atoms with van der Waals surface area (Å²) < 4.78 is 1.08. The summed E-state index contributed by atoms with van der Waals surface area (Å²) in [5.74, 6) is 0. The van der Waals surface area contributed by atoms with E-state index in [4.69, 9.17) is 0 Å². The summed E-state index contributed by atoms with van der Waals surface area (Å²) in [7, 11) is 0. The number of fused-ring (bicyclic) bond motifs is 1. The van der Waals surface area contributed by atoms with E-state index in [-0.39, 0.29) is 0 Å². The second-order valence-electron chi connectivity index (χ2n) is 5.67. The molecule has 0 saturated heterocycles. The van der Waals surface area contributed by atoms with Gasteiger partial charge in [0, 0.05) is 33.3 Å². The van der Waals surface area contributed by atoms with Gasteiger partial charge < -0.3 is 4.98 Å². The van der Waals surface area contributed by atoms with Crippen LogP contribution in [0, 0.1) is 6.92 Å². The van der Waals surface area contributed by atoms with Crippen LogP contribution in [-0.4, -0.2) is 9.97 Å². The molecule has 3 heteroatoms. The van der Waals surface area contributed by atoms with Crippen molar-refractivity contribution in [1.29, 1.82) is 0 Å². The summed E-state index contributed by atoms with van der Waals surface area (Å²) in [4.78, 5) is 7.74. The number of aromatic nitrogens is 2. The molecule has 2 aromatic heterocycles. The van der Waals surface area contributed by atoms with E-state index in [0.29, 0.717) is 0 Å². The van der Waals surface area contributed by atoms with Crippen LogP contribution in [0.4, 0.5) is 0 Å². The van der Waals surface area contributed by atoms with Gasteiger partial charge in [0.05, 0.1) is 5.69 Å². The van der Waals surface area contributed by atoms with E-state index in [1.807, 2.05) is 12.4 Å². The lowest BCUT2D eigenvalue weighted by molar-refractivity contribution is 1.33. The van der Waals surface area contributed by atoms with Crippen molar-refractivity contribution in [2.24, 2.45) is 0 Å². The Balaban J connectivity index is 2.08.